The number of hydrogen-bond donors (Lipinski definition) is 0. The second-order valence-corrected chi connectivity index (χ2v) is 3.84. The van der Waals surface area contributed by atoms with Crippen molar-refractivity contribution in [2.75, 3.05) is 13.6 Å². The lowest BCUT2D eigenvalue weighted by molar-refractivity contribution is 0.327. The van der Waals surface area contributed by atoms with Crippen molar-refractivity contribution in [1.82, 2.24) is 4.90 Å². The number of hydrogen-bond acceptors (Lipinski definition) is 2. The molecular formula is C11H25NS. The van der Waals surface area contributed by atoms with Crippen LogP contribution in [0.3, 0.4) is 0 Å². The number of nitrogens with zero attached hydrogens (tertiary/aromatic N) is 1. The van der Waals surface area contributed by atoms with Gasteiger partial charge in [-0.25, -0.2) is 0 Å². The van der Waals surface area contributed by atoms with E-state index in [0.29, 0.717) is 0 Å². The highest BCUT2D eigenvalue weighted by Gasteiger charge is 2.21. The first-order chi connectivity index (χ1) is 6.11. The quantitative estimate of drug-likeness (QED) is 0.555. The maximum atomic E-state index is 4.27. The molecule has 0 amide bonds. The fourth-order valence-electron chi connectivity index (χ4n) is 1.51. The van der Waals surface area contributed by atoms with Gasteiger partial charge in [0.2, 0.25) is 0 Å². The molecule has 0 bridgehead atoms. The first-order valence-electron chi connectivity index (χ1n) is 5.21. The molecule has 1 heterocycles. The normalized spacial score (nSPS) is 26.6. The van der Waals surface area contributed by atoms with E-state index in [-0.39, 0.29) is 0 Å². The predicted octanol–water partition coefficient (Wildman–Crippen LogP) is 3.38. The smallest absolute Gasteiger partial charge is 0.00670 e. The Bertz CT molecular complexity index is 105. The fraction of sp³-hybridized carbons (Fsp3) is 0.909. The van der Waals surface area contributed by atoms with Gasteiger partial charge in [-0.1, -0.05) is 33.0 Å². The van der Waals surface area contributed by atoms with Crippen LogP contribution in [0.2, 0.25) is 0 Å². The van der Waals surface area contributed by atoms with Crippen LogP contribution in [-0.4, -0.2) is 29.9 Å². The summed E-state index contributed by atoms with van der Waals surface area (Å²) in [5.74, 6) is 0.926. The highest BCUT2D eigenvalue weighted by atomic mass is 32.1. The topological polar surface area (TPSA) is 3.24 Å². The molecule has 1 saturated heterocycles. The van der Waals surface area contributed by atoms with E-state index >= 15 is 0 Å². The van der Waals surface area contributed by atoms with E-state index in [9.17, 15) is 0 Å². The molecular weight excluding hydrogens is 178 g/mol. The van der Waals surface area contributed by atoms with Crippen LogP contribution in [0.25, 0.3) is 0 Å². The van der Waals surface area contributed by atoms with Crippen LogP contribution in [0.1, 0.15) is 41.0 Å². The summed E-state index contributed by atoms with van der Waals surface area (Å²) >= 11 is 4.27. The Kier molecular flexibility index (Phi) is 12.1. The van der Waals surface area contributed by atoms with Gasteiger partial charge in [0.15, 0.2) is 0 Å². The first-order valence-corrected chi connectivity index (χ1v) is 5.69. The highest BCUT2D eigenvalue weighted by molar-refractivity contribution is 7.78. The first kappa shape index (κ1) is 15.5. The summed E-state index contributed by atoms with van der Waals surface area (Å²) in [7, 11) is 2.20. The third-order valence-electron chi connectivity index (χ3n) is 2.10. The van der Waals surface area contributed by atoms with E-state index in [1.165, 1.54) is 13.0 Å². The van der Waals surface area contributed by atoms with Gasteiger partial charge < -0.3 is 4.90 Å². The Morgan fingerprint density at radius 1 is 1.31 bits per heavy atom. The van der Waals surface area contributed by atoms with Crippen LogP contribution >= 0.6 is 12.2 Å². The van der Waals surface area contributed by atoms with Crippen molar-refractivity contribution < 1.29 is 0 Å². The largest absolute Gasteiger partial charge is 0.303 e. The highest BCUT2D eigenvalue weighted by Crippen LogP contribution is 2.19. The molecule has 2 unspecified atom stereocenters. The van der Waals surface area contributed by atoms with Crippen molar-refractivity contribution in [2.24, 2.45) is 5.92 Å². The van der Waals surface area contributed by atoms with Crippen LogP contribution in [-0.2, 0) is 0 Å². The molecule has 2 atom stereocenters. The van der Waals surface area contributed by atoms with Crippen LogP contribution in [0, 0.1) is 5.92 Å². The maximum absolute atomic E-state index is 4.27. The SMILES string of the molecule is CC.CC1CC(C)N(C)C1.CC=S. The zero-order valence-corrected chi connectivity index (χ0v) is 10.8. The predicted molar refractivity (Wildman–Crippen MR) is 66.6 cm³/mol. The molecule has 0 spiro atoms. The molecule has 1 fully saturated rings. The summed E-state index contributed by atoms with van der Waals surface area (Å²) < 4.78 is 0. The van der Waals surface area contributed by atoms with Gasteiger partial charge in [-0.2, -0.15) is 0 Å². The van der Waals surface area contributed by atoms with E-state index < -0.39 is 0 Å². The van der Waals surface area contributed by atoms with Crippen LogP contribution in [0.5, 0.6) is 0 Å². The van der Waals surface area contributed by atoms with Crippen LogP contribution < -0.4 is 0 Å². The minimum atomic E-state index is 0.824. The van der Waals surface area contributed by atoms with E-state index in [1.54, 1.807) is 5.37 Å². The van der Waals surface area contributed by atoms with Crippen molar-refractivity contribution in [3.63, 3.8) is 0 Å². The van der Waals surface area contributed by atoms with Crippen molar-refractivity contribution in [3.8, 4) is 0 Å². The lowest BCUT2D eigenvalue weighted by atomic mass is 10.1. The Morgan fingerprint density at radius 3 is 1.77 bits per heavy atom. The molecule has 0 N–H and O–H groups in total. The van der Waals surface area contributed by atoms with Gasteiger partial charge >= 0.3 is 0 Å². The zero-order chi connectivity index (χ0) is 10.9. The van der Waals surface area contributed by atoms with Crippen LogP contribution in [0.4, 0.5) is 0 Å². The maximum Gasteiger partial charge on any atom is 0.00670 e. The standard InChI is InChI=1S/C7H15N.C2H4S.C2H6/c1-6-4-7(2)8(3)5-6;1-2-3;1-2/h6-7H,4-5H2,1-3H3;2H,1H3;1-2H3. The monoisotopic (exact) mass is 203 g/mol. The summed E-state index contributed by atoms with van der Waals surface area (Å²) in [6.45, 7) is 11.7. The molecule has 1 aliphatic heterocycles. The van der Waals surface area contributed by atoms with Gasteiger partial charge in [-0.3, -0.25) is 0 Å². The molecule has 0 aliphatic carbocycles. The minimum absolute atomic E-state index is 0.824. The molecule has 1 nitrogen and oxygen atoms in total. The van der Waals surface area contributed by atoms with E-state index in [1.807, 2.05) is 20.8 Å². The molecule has 0 saturated carbocycles. The lowest BCUT2D eigenvalue weighted by Crippen LogP contribution is -2.21. The molecule has 80 valence electrons. The van der Waals surface area contributed by atoms with Crippen molar-refractivity contribution in [3.05, 3.63) is 0 Å². The van der Waals surface area contributed by atoms with E-state index in [4.69, 9.17) is 0 Å². The molecule has 0 aromatic rings. The van der Waals surface area contributed by atoms with Gasteiger partial charge in [-0.15, -0.1) is 0 Å². The van der Waals surface area contributed by atoms with Crippen LogP contribution in [0.15, 0.2) is 0 Å². The number of likely N-dealkylation sites (tertiary alicyclic amines) is 1. The Labute approximate surface area is 89.5 Å². The molecule has 2 heteroatoms. The second-order valence-electron chi connectivity index (χ2n) is 3.37. The summed E-state index contributed by atoms with van der Waals surface area (Å²) in [5, 5.41) is 1.58. The van der Waals surface area contributed by atoms with Gasteiger partial charge in [-0.05, 0) is 38.6 Å². The van der Waals surface area contributed by atoms with E-state index in [0.717, 1.165) is 12.0 Å². The number of thiocarbonyl (C=S) groups is 1. The van der Waals surface area contributed by atoms with Crippen molar-refractivity contribution in [1.29, 1.82) is 0 Å². The summed E-state index contributed by atoms with van der Waals surface area (Å²) in [6.07, 6.45) is 1.39. The van der Waals surface area contributed by atoms with Gasteiger partial charge in [0.25, 0.3) is 0 Å². The van der Waals surface area contributed by atoms with Gasteiger partial charge in [0.05, 0.1) is 0 Å². The van der Waals surface area contributed by atoms with Gasteiger partial charge in [0, 0.05) is 12.6 Å². The molecule has 0 aromatic heterocycles. The second kappa shape index (κ2) is 10.1. The average molecular weight is 203 g/mol. The fourth-order valence-corrected chi connectivity index (χ4v) is 1.51. The van der Waals surface area contributed by atoms with Gasteiger partial charge in [0.1, 0.15) is 0 Å². The summed E-state index contributed by atoms with van der Waals surface area (Å²) in [6, 6.07) is 0.824. The summed E-state index contributed by atoms with van der Waals surface area (Å²) in [4.78, 5) is 2.42. The molecule has 1 aliphatic rings. The third-order valence-corrected chi connectivity index (χ3v) is 2.10. The number of rotatable bonds is 0. The minimum Gasteiger partial charge on any atom is -0.303 e. The summed E-state index contributed by atoms with van der Waals surface area (Å²) in [5.41, 5.74) is 0. The third kappa shape index (κ3) is 8.38. The Hall–Kier alpha value is 0.0500. The average Bonchev–Trinajstić information content (AvgIpc) is 2.35. The van der Waals surface area contributed by atoms with E-state index in [2.05, 4.69) is 38.0 Å². The molecule has 13 heavy (non-hydrogen) atoms. The zero-order valence-electron chi connectivity index (χ0n) is 10.0. The molecule has 1 rings (SSSR count). The lowest BCUT2D eigenvalue weighted by Gasteiger charge is -2.12. The van der Waals surface area contributed by atoms with Crippen molar-refractivity contribution in [2.45, 2.75) is 47.1 Å². The van der Waals surface area contributed by atoms with Crippen molar-refractivity contribution >= 4 is 17.6 Å². The Balaban J connectivity index is 0. The molecule has 0 radical (unpaired) electrons. The Morgan fingerprint density at radius 2 is 1.69 bits per heavy atom. The molecule has 0 aromatic carbocycles.